The van der Waals surface area contributed by atoms with Gasteiger partial charge in [-0.15, -0.1) is 0 Å². The van der Waals surface area contributed by atoms with Crippen LogP contribution in [0, 0.1) is 11.8 Å². The fourth-order valence-electron chi connectivity index (χ4n) is 5.85. The van der Waals surface area contributed by atoms with E-state index in [1.807, 2.05) is 4.90 Å². The number of carbonyl (C=O) groups excluding carboxylic acids is 2. The summed E-state index contributed by atoms with van der Waals surface area (Å²) in [5, 5.41) is 3.29. The fourth-order valence-corrected chi connectivity index (χ4v) is 5.85. The lowest BCUT2D eigenvalue weighted by atomic mass is 9.95. The van der Waals surface area contributed by atoms with E-state index in [2.05, 4.69) is 22.0 Å². The van der Waals surface area contributed by atoms with E-state index in [0.717, 1.165) is 58.5 Å². The summed E-state index contributed by atoms with van der Waals surface area (Å²) in [6.07, 6.45) is 12.0. The Morgan fingerprint density at radius 3 is 2.27 bits per heavy atom. The number of likely N-dealkylation sites (tertiary alicyclic amines) is 1. The molecule has 2 saturated carbocycles. The average molecular weight is 419 g/mol. The van der Waals surface area contributed by atoms with Crippen molar-refractivity contribution < 1.29 is 9.59 Å². The van der Waals surface area contributed by atoms with Crippen molar-refractivity contribution in [1.29, 1.82) is 0 Å². The van der Waals surface area contributed by atoms with E-state index in [1.165, 1.54) is 51.5 Å². The topological polar surface area (TPSA) is 55.9 Å². The number of rotatable bonds is 8. The average Bonchev–Trinajstić information content (AvgIpc) is 3.48. The maximum atomic E-state index is 13.2. The van der Waals surface area contributed by atoms with E-state index in [-0.39, 0.29) is 11.9 Å². The summed E-state index contributed by atoms with van der Waals surface area (Å²) in [4.78, 5) is 32.6. The zero-order valence-corrected chi connectivity index (χ0v) is 19.0. The molecule has 4 rings (SSSR count). The molecule has 170 valence electrons. The number of piperazine rings is 1. The van der Waals surface area contributed by atoms with Crippen molar-refractivity contribution in [2.45, 2.75) is 83.2 Å². The Hall–Kier alpha value is -1.14. The second kappa shape index (κ2) is 10.4. The van der Waals surface area contributed by atoms with Crippen molar-refractivity contribution in [3.63, 3.8) is 0 Å². The molecule has 4 aliphatic rings. The number of carbonyl (C=O) groups is 2. The highest BCUT2D eigenvalue weighted by molar-refractivity contribution is 5.82. The van der Waals surface area contributed by atoms with Gasteiger partial charge in [0.2, 0.25) is 11.8 Å². The molecule has 4 fully saturated rings. The first-order valence-corrected chi connectivity index (χ1v) is 12.7. The Labute approximate surface area is 182 Å². The van der Waals surface area contributed by atoms with Crippen LogP contribution in [-0.2, 0) is 9.59 Å². The van der Waals surface area contributed by atoms with Crippen LogP contribution in [0.25, 0.3) is 0 Å². The van der Waals surface area contributed by atoms with Crippen molar-refractivity contribution in [1.82, 2.24) is 20.0 Å². The molecule has 2 unspecified atom stereocenters. The molecule has 2 amide bonds. The summed E-state index contributed by atoms with van der Waals surface area (Å²) >= 11 is 0. The van der Waals surface area contributed by atoms with Crippen LogP contribution in [0.15, 0.2) is 0 Å². The van der Waals surface area contributed by atoms with Gasteiger partial charge in [-0.3, -0.25) is 14.5 Å². The normalized spacial score (nSPS) is 27.9. The van der Waals surface area contributed by atoms with Gasteiger partial charge in [0, 0.05) is 51.2 Å². The summed E-state index contributed by atoms with van der Waals surface area (Å²) in [7, 11) is 0. The van der Waals surface area contributed by atoms with E-state index in [4.69, 9.17) is 0 Å². The lowest BCUT2D eigenvalue weighted by Gasteiger charge is -2.41. The molecule has 30 heavy (non-hydrogen) atoms. The molecule has 0 aromatic rings. The number of amides is 2. The second-order valence-electron chi connectivity index (χ2n) is 10.2. The van der Waals surface area contributed by atoms with Crippen LogP contribution >= 0.6 is 0 Å². The van der Waals surface area contributed by atoms with Gasteiger partial charge in [-0.05, 0) is 64.3 Å². The molecule has 1 N–H and O–H groups in total. The van der Waals surface area contributed by atoms with E-state index >= 15 is 0 Å². The standard InChI is InChI=1S/C24H42N4O2/c1-19-7-4-5-13-26(19)14-6-12-25-23(29)22(20-8-2-3-9-20)27-15-17-28(18-16-27)24(30)21-10-11-21/h19-22H,2-18H2,1H3,(H,25,29). The van der Waals surface area contributed by atoms with Gasteiger partial charge in [-0.2, -0.15) is 0 Å². The Balaban J connectivity index is 1.25. The Bertz CT molecular complexity index is 580. The summed E-state index contributed by atoms with van der Waals surface area (Å²) < 4.78 is 0. The van der Waals surface area contributed by atoms with Crippen molar-refractivity contribution in [3.8, 4) is 0 Å². The van der Waals surface area contributed by atoms with Crippen LogP contribution in [0.2, 0.25) is 0 Å². The molecule has 2 aliphatic heterocycles. The number of hydrogen-bond donors (Lipinski definition) is 1. The predicted molar refractivity (Wildman–Crippen MR) is 119 cm³/mol. The molecule has 2 saturated heterocycles. The van der Waals surface area contributed by atoms with Crippen molar-refractivity contribution in [2.75, 3.05) is 45.8 Å². The SMILES string of the molecule is CC1CCCCN1CCCNC(=O)C(C1CCCC1)N1CCN(C(=O)C2CC2)CC1. The van der Waals surface area contributed by atoms with E-state index in [9.17, 15) is 9.59 Å². The van der Waals surface area contributed by atoms with Crippen molar-refractivity contribution in [2.24, 2.45) is 11.8 Å². The number of nitrogens with zero attached hydrogens (tertiary/aromatic N) is 3. The predicted octanol–water partition coefficient (Wildman–Crippen LogP) is 2.48. The molecular weight excluding hydrogens is 376 g/mol. The van der Waals surface area contributed by atoms with Gasteiger partial charge in [0.15, 0.2) is 0 Å². The lowest BCUT2D eigenvalue weighted by molar-refractivity contribution is -0.136. The maximum absolute atomic E-state index is 13.2. The Kier molecular flexibility index (Phi) is 7.69. The zero-order valence-electron chi connectivity index (χ0n) is 19.0. The molecular formula is C24H42N4O2. The second-order valence-corrected chi connectivity index (χ2v) is 10.2. The largest absolute Gasteiger partial charge is 0.355 e. The summed E-state index contributed by atoms with van der Waals surface area (Å²) in [5.74, 6) is 1.37. The molecule has 0 radical (unpaired) electrons. The molecule has 2 heterocycles. The minimum atomic E-state index is -0.000382. The summed E-state index contributed by atoms with van der Waals surface area (Å²) in [6.45, 7) is 8.70. The fraction of sp³-hybridized carbons (Fsp3) is 0.917. The van der Waals surface area contributed by atoms with Crippen LogP contribution < -0.4 is 5.32 Å². The Morgan fingerprint density at radius 2 is 1.60 bits per heavy atom. The third kappa shape index (κ3) is 5.56. The van der Waals surface area contributed by atoms with Gasteiger partial charge >= 0.3 is 0 Å². The molecule has 2 atom stereocenters. The highest BCUT2D eigenvalue weighted by Gasteiger charge is 2.39. The first-order valence-electron chi connectivity index (χ1n) is 12.7. The maximum Gasteiger partial charge on any atom is 0.237 e. The van der Waals surface area contributed by atoms with Crippen LogP contribution in [0.3, 0.4) is 0 Å². The number of piperidine rings is 1. The van der Waals surface area contributed by atoms with Gasteiger partial charge in [-0.25, -0.2) is 0 Å². The van der Waals surface area contributed by atoms with Crippen molar-refractivity contribution >= 4 is 11.8 Å². The molecule has 0 spiro atoms. The molecule has 0 bridgehead atoms. The highest BCUT2D eigenvalue weighted by atomic mass is 16.2. The number of nitrogens with one attached hydrogen (secondary N) is 1. The van der Waals surface area contributed by atoms with Gasteiger partial charge in [0.1, 0.15) is 0 Å². The number of hydrogen-bond acceptors (Lipinski definition) is 4. The molecule has 2 aliphatic carbocycles. The van der Waals surface area contributed by atoms with Crippen LogP contribution in [0.1, 0.15) is 71.1 Å². The van der Waals surface area contributed by atoms with Gasteiger partial charge in [0.25, 0.3) is 0 Å². The van der Waals surface area contributed by atoms with Crippen LogP contribution in [0.5, 0.6) is 0 Å². The third-order valence-electron chi connectivity index (χ3n) is 7.92. The van der Waals surface area contributed by atoms with Gasteiger partial charge < -0.3 is 15.1 Å². The quantitative estimate of drug-likeness (QED) is 0.616. The van der Waals surface area contributed by atoms with Gasteiger partial charge in [-0.1, -0.05) is 19.3 Å². The monoisotopic (exact) mass is 418 g/mol. The van der Waals surface area contributed by atoms with Crippen LogP contribution in [0.4, 0.5) is 0 Å². The zero-order chi connectivity index (χ0) is 20.9. The molecule has 6 heteroatoms. The minimum absolute atomic E-state index is 0.000382. The van der Waals surface area contributed by atoms with E-state index in [1.54, 1.807) is 0 Å². The molecule has 0 aromatic carbocycles. The van der Waals surface area contributed by atoms with Gasteiger partial charge in [0.05, 0.1) is 6.04 Å². The van der Waals surface area contributed by atoms with Crippen LogP contribution in [-0.4, -0.2) is 84.4 Å². The summed E-state index contributed by atoms with van der Waals surface area (Å²) in [6, 6.07) is 0.690. The molecule has 6 nitrogen and oxygen atoms in total. The lowest BCUT2D eigenvalue weighted by Crippen LogP contribution is -2.58. The van der Waals surface area contributed by atoms with E-state index < -0.39 is 0 Å². The smallest absolute Gasteiger partial charge is 0.237 e. The highest BCUT2D eigenvalue weighted by Crippen LogP contribution is 2.33. The summed E-state index contributed by atoms with van der Waals surface area (Å²) in [5.41, 5.74) is 0. The van der Waals surface area contributed by atoms with E-state index in [0.29, 0.717) is 23.8 Å². The molecule has 0 aromatic heterocycles. The Morgan fingerprint density at radius 1 is 0.900 bits per heavy atom. The minimum Gasteiger partial charge on any atom is -0.355 e. The van der Waals surface area contributed by atoms with Crippen molar-refractivity contribution in [3.05, 3.63) is 0 Å². The third-order valence-corrected chi connectivity index (χ3v) is 7.92. The first-order chi connectivity index (χ1) is 14.6. The first kappa shape index (κ1) is 22.1.